The lowest BCUT2D eigenvalue weighted by Gasteiger charge is -2.13. The number of nitrogens with one attached hydrogen (secondary N) is 1. The first-order chi connectivity index (χ1) is 5.08. The fourth-order valence-electron chi connectivity index (χ4n) is 1.08. The Labute approximate surface area is 65.5 Å². The van der Waals surface area contributed by atoms with Gasteiger partial charge in [-0.1, -0.05) is 11.6 Å². The zero-order valence-electron chi connectivity index (χ0n) is 6.16. The van der Waals surface area contributed by atoms with E-state index >= 15 is 0 Å². The third-order valence-electron chi connectivity index (χ3n) is 1.57. The van der Waals surface area contributed by atoms with Crippen molar-refractivity contribution in [2.75, 3.05) is 19.3 Å². The van der Waals surface area contributed by atoms with Gasteiger partial charge in [0.1, 0.15) is 0 Å². The minimum Gasteiger partial charge on any atom is -0.324 e. The van der Waals surface area contributed by atoms with Gasteiger partial charge in [-0.25, -0.2) is 0 Å². The van der Waals surface area contributed by atoms with Gasteiger partial charge in [0.25, 0.3) is 0 Å². The van der Waals surface area contributed by atoms with Crippen molar-refractivity contribution < 1.29 is 14.4 Å². The predicted octanol–water partition coefficient (Wildman–Crippen LogP) is 0.0838. The molecule has 0 radical (unpaired) electrons. The SMILES string of the molecule is O=P(O)(O)CC1=CCNCC1. The number of rotatable bonds is 2. The molecule has 1 aliphatic heterocycles. The van der Waals surface area contributed by atoms with Crippen LogP contribution in [0.4, 0.5) is 0 Å². The Hall–Kier alpha value is -0.150. The monoisotopic (exact) mass is 177 g/mol. The van der Waals surface area contributed by atoms with E-state index in [4.69, 9.17) is 9.79 Å². The Bertz CT molecular complexity index is 208. The molecule has 11 heavy (non-hydrogen) atoms. The van der Waals surface area contributed by atoms with Crippen LogP contribution in [-0.2, 0) is 4.57 Å². The highest BCUT2D eigenvalue weighted by Gasteiger charge is 2.16. The zero-order valence-corrected chi connectivity index (χ0v) is 7.05. The van der Waals surface area contributed by atoms with E-state index in [-0.39, 0.29) is 6.16 Å². The maximum absolute atomic E-state index is 10.5. The van der Waals surface area contributed by atoms with Gasteiger partial charge in [-0.15, -0.1) is 0 Å². The van der Waals surface area contributed by atoms with E-state index in [1.807, 2.05) is 6.08 Å². The summed E-state index contributed by atoms with van der Waals surface area (Å²) < 4.78 is 10.5. The fraction of sp³-hybridized carbons (Fsp3) is 0.667. The van der Waals surface area contributed by atoms with Gasteiger partial charge >= 0.3 is 7.60 Å². The van der Waals surface area contributed by atoms with E-state index in [9.17, 15) is 4.57 Å². The number of hydrogen-bond acceptors (Lipinski definition) is 2. The van der Waals surface area contributed by atoms with E-state index in [2.05, 4.69) is 5.32 Å². The molecule has 0 saturated heterocycles. The average Bonchev–Trinajstić information content (AvgIpc) is 1.85. The molecule has 0 aromatic carbocycles. The largest absolute Gasteiger partial charge is 0.329 e. The lowest BCUT2D eigenvalue weighted by atomic mass is 10.1. The summed E-state index contributed by atoms with van der Waals surface area (Å²) in [5.74, 6) is 0. The summed E-state index contributed by atoms with van der Waals surface area (Å²) in [6.45, 7) is 1.56. The molecular weight excluding hydrogens is 165 g/mol. The van der Waals surface area contributed by atoms with Crippen LogP contribution in [0.25, 0.3) is 0 Å². The normalized spacial score (nSPS) is 19.6. The summed E-state index contributed by atoms with van der Waals surface area (Å²) in [7, 11) is -3.83. The van der Waals surface area contributed by atoms with Crippen molar-refractivity contribution in [2.45, 2.75) is 6.42 Å². The Morgan fingerprint density at radius 1 is 1.64 bits per heavy atom. The van der Waals surface area contributed by atoms with Crippen molar-refractivity contribution in [1.29, 1.82) is 0 Å². The topological polar surface area (TPSA) is 69.6 Å². The van der Waals surface area contributed by atoms with Crippen LogP contribution < -0.4 is 5.32 Å². The highest BCUT2D eigenvalue weighted by Crippen LogP contribution is 2.37. The Balaban J connectivity index is 2.48. The second-order valence-corrected chi connectivity index (χ2v) is 4.28. The Morgan fingerprint density at radius 2 is 2.36 bits per heavy atom. The van der Waals surface area contributed by atoms with Gasteiger partial charge in [-0.05, 0) is 13.0 Å². The summed E-state index contributed by atoms with van der Waals surface area (Å²) in [4.78, 5) is 17.2. The van der Waals surface area contributed by atoms with Gasteiger partial charge in [0.2, 0.25) is 0 Å². The molecule has 0 atom stereocenters. The molecule has 0 aliphatic carbocycles. The van der Waals surface area contributed by atoms with Crippen LogP contribution in [0.1, 0.15) is 6.42 Å². The molecule has 0 bridgehead atoms. The molecule has 4 nitrogen and oxygen atoms in total. The van der Waals surface area contributed by atoms with Gasteiger partial charge < -0.3 is 15.1 Å². The molecule has 0 aromatic rings. The number of hydrogen-bond donors (Lipinski definition) is 3. The third kappa shape index (κ3) is 3.68. The predicted molar refractivity (Wildman–Crippen MR) is 42.5 cm³/mol. The van der Waals surface area contributed by atoms with Gasteiger partial charge in [0, 0.05) is 6.54 Å². The molecule has 3 N–H and O–H groups in total. The van der Waals surface area contributed by atoms with Crippen LogP contribution in [0.3, 0.4) is 0 Å². The second kappa shape index (κ2) is 3.50. The lowest BCUT2D eigenvalue weighted by Crippen LogP contribution is -2.21. The Kier molecular flexibility index (Phi) is 2.84. The lowest BCUT2D eigenvalue weighted by molar-refractivity contribution is 0.375. The smallest absolute Gasteiger partial charge is 0.324 e. The van der Waals surface area contributed by atoms with E-state index in [1.54, 1.807) is 0 Å². The van der Waals surface area contributed by atoms with E-state index in [0.717, 1.165) is 25.1 Å². The van der Waals surface area contributed by atoms with Gasteiger partial charge in [-0.2, -0.15) is 0 Å². The molecule has 0 saturated carbocycles. The molecule has 64 valence electrons. The molecule has 0 unspecified atom stereocenters. The molecule has 0 aromatic heterocycles. The highest BCUT2D eigenvalue weighted by molar-refractivity contribution is 7.52. The van der Waals surface area contributed by atoms with Gasteiger partial charge in [-0.3, -0.25) is 4.57 Å². The summed E-state index contributed by atoms with van der Waals surface area (Å²) in [5, 5.41) is 3.07. The van der Waals surface area contributed by atoms with E-state index in [1.165, 1.54) is 0 Å². The average molecular weight is 177 g/mol. The molecule has 0 fully saturated rings. The first kappa shape index (κ1) is 8.94. The van der Waals surface area contributed by atoms with Crippen molar-refractivity contribution in [3.63, 3.8) is 0 Å². The fourth-order valence-corrected chi connectivity index (χ4v) is 1.89. The quantitative estimate of drug-likeness (QED) is 0.413. The van der Waals surface area contributed by atoms with Gasteiger partial charge in [0.15, 0.2) is 0 Å². The zero-order chi connectivity index (χ0) is 8.32. The maximum atomic E-state index is 10.5. The minimum absolute atomic E-state index is 0.0747. The molecule has 1 heterocycles. The minimum atomic E-state index is -3.83. The van der Waals surface area contributed by atoms with Crippen LogP contribution in [0.15, 0.2) is 11.6 Å². The Morgan fingerprint density at radius 3 is 2.82 bits per heavy atom. The molecule has 1 rings (SSSR count). The van der Waals surface area contributed by atoms with Crippen LogP contribution in [0.2, 0.25) is 0 Å². The summed E-state index contributed by atoms with van der Waals surface area (Å²) in [6, 6.07) is 0. The van der Waals surface area contributed by atoms with Crippen LogP contribution in [0, 0.1) is 0 Å². The molecule has 1 aliphatic rings. The summed E-state index contributed by atoms with van der Waals surface area (Å²) in [5.41, 5.74) is 0.872. The standard InChI is InChI=1S/C6H12NO3P/c8-11(9,10)5-6-1-3-7-4-2-6/h1,7H,2-5H2,(H2,8,9,10). The van der Waals surface area contributed by atoms with Crippen molar-refractivity contribution in [3.05, 3.63) is 11.6 Å². The van der Waals surface area contributed by atoms with Crippen molar-refractivity contribution in [1.82, 2.24) is 5.32 Å². The molecule has 5 heteroatoms. The molecule has 0 amide bonds. The molecular formula is C6H12NO3P. The van der Waals surface area contributed by atoms with Gasteiger partial charge in [0.05, 0.1) is 6.16 Å². The van der Waals surface area contributed by atoms with E-state index in [0.29, 0.717) is 0 Å². The first-order valence-electron chi connectivity index (χ1n) is 3.51. The third-order valence-corrected chi connectivity index (χ3v) is 2.39. The first-order valence-corrected chi connectivity index (χ1v) is 5.31. The van der Waals surface area contributed by atoms with Crippen molar-refractivity contribution in [2.24, 2.45) is 0 Å². The second-order valence-electron chi connectivity index (χ2n) is 2.64. The van der Waals surface area contributed by atoms with Crippen molar-refractivity contribution >= 4 is 7.60 Å². The highest BCUT2D eigenvalue weighted by atomic mass is 31.2. The summed E-state index contributed by atoms with van der Waals surface area (Å²) in [6.07, 6.45) is 2.53. The maximum Gasteiger partial charge on any atom is 0.329 e. The van der Waals surface area contributed by atoms with Crippen LogP contribution >= 0.6 is 7.60 Å². The van der Waals surface area contributed by atoms with E-state index < -0.39 is 7.60 Å². The van der Waals surface area contributed by atoms with Crippen LogP contribution in [0.5, 0.6) is 0 Å². The molecule has 0 spiro atoms. The summed E-state index contributed by atoms with van der Waals surface area (Å²) >= 11 is 0. The van der Waals surface area contributed by atoms with Crippen LogP contribution in [-0.4, -0.2) is 29.0 Å². The van der Waals surface area contributed by atoms with Crippen molar-refractivity contribution in [3.8, 4) is 0 Å².